The van der Waals surface area contributed by atoms with Gasteiger partial charge in [0.05, 0.1) is 0 Å². The van der Waals surface area contributed by atoms with E-state index in [1.807, 2.05) is 72.8 Å². The molecule has 4 aromatic rings. The predicted octanol–water partition coefficient (Wildman–Crippen LogP) is 6.24. The van der Waals surface area contributed by atoms with Gasteiger partial charge in [-0.3, -0.25) is 0 Å². The zero-order valence-corrected chi connectivity index (χ0v) is 14.7. The topological polar surface area (TPSA) is 49.7 Å². The van der Waals surface area contributed by atoms with Crippen LogP contribution in [0.2, 0.25) is 0 Å². The van der Waals surface area contributed by atoms with E-state index in [0.29, 0.717) is 11.5 Å². The zero-order chi connectivity index (χ0) is 18.9. The number of ether oxygens (including phenoxy) is 1. The average molecular weight is 356 g/mol. The second-order valence-electron chi connectivity index (χ2n) is 5.82. The van der Waals surface area contributed by atoms with Crippen LogP contribution in [0.25, 0.3) is 11.1 Å². The van der Waals surface area contributed by atoms with Crippen molar-refractivity contribution < 1.29 is 14.9 Å². The molecule has 0 aliphatic rings. The SMILES string of the molecule is Oc1ccc(-c2ccccc2)cc1.Oc1ccc(Oc2ccccc2)cc1. The number of hydrogen-bond donors (Lipinski definition) is 2. The van der Waals surface area contributed by atoms with Crippen LogP contribution in [0.1, 0.15) is 0 Å². The van der Waals surface area contributed by atoms with Crippen LogP contribution in [0, 0.1) is 0 Å². The van der Waals surface area contributed by atoms with Crippen LogP contribution in [-0.4, -0.2) is 10.2 Å². The maximum Gasteiger partial charge on any atom is 0.127 e. The van der Waals surface area contributed by atoms with E-state index in [-0.39, 0.29) is 5.75 Å². The number of benzene rings is 4. The van der Waals surface area contributed by atoms with Crippen LogP contribution in [0.3, 0.4) is 0 Å². The second-order valence-corrected chi connectivity index (χ2v) is 5.82. The summed E-state index contributed by atoms with van der Waals surface area (Å²) in [6.45, 7) is 0. The fourth-order valence-electron chi connectivity index (χ4n) is 2.42. The highest BCUT2D eigenvalue weighted by Gasteiger charge is 1.96. The summed E-state index contributed by atoms with van der Waals surface area (Å²) >= 11 is 0. The minimum Gasteiger partial charge on any atom is -0.508 e. The van der Waals surface area contributed by atoms with Gasteiger partial charge in [-0.25, -0.2) is 0 Å². The van der Waals surface area contributed by atoms with E-state index >= 15 is 0 Å². The molecule has 0 aliphatic carbocycles. The number of para-hydroxylation sites is 1. The molecule has 0 saturated heterocycles. The van der Waals surface area contributed by atoms with Gasteiger partial charge in [0, 0.05) is 0 Å². The molecule has 0 saturated carbocycles. The Balaban J connectivity index is 0.000000156. The van der Waals surface area contributed by atoms with Crippen molar-refractivity contribution >= 4 is 0 Å². The minimum atomic E-state index is 0.241. The Morgan fingerprint density at radius 2 is 0.815 bits per heavy atom. The van der Waals surface area contributed by atoms with Crippen LogP contribution in [-0.2, 0) is 0 Å². The van der Waals surface area contributed by atoms with Gasteiger partial charge in [0.2, 0.25) is 0 Å². The highest BCUT2D eigenvalue weighted by Crippen LogP contribution is 2.23. The van der Waals surface area contributed by atoms with E-state index in [9.17, 15) is 0 Å². The molecule has 0 bridgehead atoms. The molecular formula is C24H20O3. The molecule has 4 rings (SSSR count). The molecule has 0 amide bonds. The average Bonchev–Trinajstić information content (AvgIpc) is 2.72. The van der Waals surface area contributed by atoms with E-state index in [0.717, 1.165) is 11.3 Å². The van der Waals surface area contributed by atoms with E-state index in [1.165, 1.54) is 5.56 Å². The summed E-state index contributed by atoms with van der Waals surface area (Å²) in [6.07, 6.45) is 0. The number of aromatic hydroxyl groups is 2. The van der Waals surface area contributed by atoms with Crippen LogP contribution >= 0.6 is 0 Å². The van der Waals surface area contributed by atoms with Crippen molar-refractivity contribution in [3.05, 3.63) is 109 Å². The van der Waals surface area contributed by atoms with Crippen molar-refractivity contribution in [2.45, 2.75) is 0 Å². The summed E-state index contributed by atoms with van der Waals surface area (Å²) in [5.74, 6) is 2.05. The molecule has 134 valence electrons. The van der Waals surface area contributed by atoms with Crippen molar-refractivity contribution in [1.82, 2.24) is 0 Å². The third-order valence-corrected chi connectivity index (χ3v) is 3.79. The first-order valence-electron chi connectivity index (χ1n) is 8.57. The Labute approximate surface area is 158 Å². The van der Waals surface area contributed by atoms with E-state index < -0.39 is 0 Å². The lowest BCUT2D eigenvalue weighted by atomic mass is 10.1. The van der Waals surface area contributed by atoms with E-state index in [4.69, 9.17) is 14.9 Å². The quantitative estimate of drug-likeness (QED) is 0.456. The maximum absolute atomic E-state index is 9.10. The van der Waals surface area contributed by atoms with Gasteiger partial charge in [-0.15, -0.1) is 0 Å². The van der Waals surface area contributed by atoms with Gasteiger partial charge in [-0.05, 0) is 59.7 Å². The monoisotopic (exact) mass is 356 g/mol. The molecular weight excluding hydrogens is 336 g/mol. The Kier molecular flexibility index (Phi) is 6.10. The summed E-state index contributed by atoms with van der Waals surface area (Å²) in [4.78, 5) is 0. The van der Waals surface area contributed by atoms with Crippen molar-refractivity contribution in [2.75, 3.05) is 0 Å². The van der Waals surface area contributed by atoms with E-state index in [1.54, 1.807) is 36.4 Å². The first-order valence-corrected chi connectivity index (χ1v) is 8.57. The van der Waals surface area contributed by atoms with Gasteiger partial charge < -0.3 is 14.9 Å². The fourth-order valence-corrected chi connectivity index (χ4v) is 2.42. The number of phenolic OH excluding ortho intramolecular Hbond substituents is 2. The van der Waals surface area contributed by atoms with Crippen molar-refractivity contribution in [3.63, 3.8) is 0 Å². The Morgan fingerprint density at radius 3 is 1.37 bits per heavy atom. The molecule has 4 aromatic carbocycles. The van der Waals surface area contributed by atoms with Gasteiger partial charge in [0.1, 0.15) is 23.0 Å². The highest BCUT2D eigenvalue weighted by molar-refractivity contribution is 5.63. The maximum atomic E-state index is 9.10. The molecule has 3 nitrogen and oxygen atoms in total. The second kappa shape index (κ2) is 9.11. The summed E-state index contributed by atoms with van der Waals surface area (Å²) in [7, 11) is 0. The van der Waals surface area contributed by atoms with E-state index in [2.05, 4.69) is 0 Å². The fraction of sp³-hybridized carbons (Fsp3) is 0. The first kappa shape index (κ1) is 18.1. The Morgan fingerprint density at radius 1 is 0.407 bits per heavy atom. The normalized spacial score (nSPS) is 9.78. The lowest BCUT2D eigenvalue weighted by molar-refractivity contribution is 0.464. The molecule has 0 spiro atoms. The van der Waals surface area contributed by atoms with Crippen molar-refractivity contribution in [3.8, 4) is 34.1 Å². The Bertz CT molecular complexity index is 932. The lowest BCUT2D eigenvalue weighted by Crippen LogP contribution is -1.81. The Hall–Kier alpha value is -3.72. The smallest absolute Gasteiger partial charge is 0.127 e. The van der Waals surface area contributed by atoms with Gasteiger partial charge in [0.25, 0.3) is 0 Å². The first-order chi connectivity index (χ1) is 13.2. The summed E-state index contributed by atoms with van der Waals surface area (Å²) in [5.41, 5.74) is 2.29. The molecule has 0 unspecified atom stereocenters. The molecule has 0 radical (unpaired) electrons. The molecule has 3 heteroatoms. The number of hydrogen-bond acceptors (Lipinski definition) is 3. The zero-order valence-electron chi connectivity index (χ0n) is 14.7. The van der Waals surface area contributed by atoms with Crippen LogP contribution in [0.15, 0.2) is 109 Å². The number of rotatable bonds is 3. The summed E-state index contributed by atoms with van der Waals surface area (Å²) in [6, 6.07) is 33.5. The van der Waals surface area contributed by atoms with Crippen LogP contribution in [0.5, 0.6) is 23.0 Å². The van der Waals surface area contributed by atoms with Crippen molar-refractivity contribution in [2.24, 2.45) is 0 Å². The van der Waals surface area contributed by atoms with Gasteiger partial charge in [-0.1, -0.05) is 60.7 Å². The molecule has 27 heavy (non-hydrogen) atoms. The van der Waals surface area contributed by atoms with Gasteiger partial charge in [0.15, 0.2) is 0 Å². The standard InChI is InChI=1S/C12H10O2.C12H10O/c13-10-6-8-12(9-7-10)14-11-4-2-1-3-5-11;13-12-8-6-11(7-9-12)10-4-2-1-3-5-10/h1-9,13H;1-9,13H. The van der Waals surface area contributed by atoms with Crippen LogP contribution in [0.4, 0.5) is 0 Å². The summed E-state index contributed by atoms with van der Waals surface area (Å²) in [5, 5.41) is 18.2. The molecule has 0 heterocycles. The largest absolute Gasteiger partial charge is 0.508 e. The predicted molar refractivity (Wildman–Crippen MR) is 108 cm³/mol. The summed E-state index contributed by atoms with van der Waals surface area (Å²) < 4.78 is 5.52. The van der Waals surface area contributed by atoms with Gasteiger partial charge >= 0.3 is 0 Å². The third-order valence-electron chi connectivity index (χ3n) is 3.79. The van der Waals surface area contributed by atoms with Crippen LogP contribution < -0.4 is 4.74 Å². The highest BCUT2D eigenvalue weighted by atomic mass is 16.5. The third kappa shape index (κ3) is 5.65. The van der Waals surface area contributed by atoms with Crippen molar-refractivity contribution in [1.29, 1.82) is 0 Å². The molecule has 0 fully saturated rings. The number of phenols is 2. The molecule has 0 aliphatic heterocycles. The lowest BCUT2D eigenvalue weighted by Gasteiger charge is -2.04. The molecule has 2 N–H and O–H groups in total. The van der Waals surface area contributed by atoms with Gasteiger partial charge in [-0.2, -0.15) is 0 Å². The molecule has 0 atom stereocenters. The molecule has 0 aromatic heterocycles. The minimum absolute atomic E-state index is 0.241.